The van der Waals surface area contributed by atoms with E-state index >= 15 is 0 Å². The maximum absolute atomic E-state index is 14.8. The van der Waals surface area contributed by atoms with Crippen molar-refractivity contribution in [3.05, 3.63) is 53.1 Å². The number of aryl methyl sites for hydroxylation is 1. The van der Waals surface area contributed by atoms with Crippen molar-refractivity contribution < 1.29 is 13.2 Å². The number of benzene rings is 2. The minimum Gasteiger partial charge on any atom is -0.208 e. The Morgan fingerprint density at radius 3 is 2.39 bits per heavy atom. The molecule has 0 unspecified atom stereocenters. The van der Waals surface area contributed by atoms with Gasteiger partial charge < -0.3 is 0 Å². The molecule has 0 aromatic heterocycles. The molecule has 0 aliphatic heterocycles. The van der Waals surface area contributed by atoms with Crippen LogP contribution >= 0.6 is 0 Å². The first-order valence-corrected chi connectivity index (χ1v) is 10.8. The number of hydrogen-bond acceptors (Lipinski definition) is 0. The standard InChI is InChI=1S/C25H31F3/c1-3-5-6-7-18-12-13-20-16-21(14-15-22(20)23(18)26)25(28)24(27)19-10-8-17(4-2)9-11-19/h12-17,19H,3-11H2,1-2H3. The van der Waals surface area contributed by atoms with E-state index in [4.69, 9.17) is 0 Å². The first-order valence-electron chi connectivity index (χ1n) is 10.8. The fourth-order valence-corrected chi connectivity index (χ4v) is 4.37. The number of unbranched alkanes of at least 4 members (excludes halogenated alkanes) is 2. The lowest BCUT2D eigenvalue weighted by Gasteiger charge is -2.26. The molecule has 2 aromatic rings. The van der Waals surface area contributed by atoms with E-state index in [1.54, 1.807) is 18.2 Å². The number of fused-ring (bicyclic) bond motifs is 1. The third-order valence-electron chi connectivity index (χ3n) is 6.33. The largest absolute Gasteiger partial charge is 0.208 e. The summed E-state index contributed by atoms with van der Waals surface area (Å²) in [6, 6.07) is 8.26. The third kappa shape index (κ3) is 4.61. The molecule has 0 amide bonds. The van der Waals surface area contributed by atoms with Crippen LogP contribution in [-0.4, -0.2) is 0 Å². The molecule has 0 radical (unpaired) electrons. The van der Waals surface area contributed by atoms with Crippen molar-refractivity contribution in [2.24, 2.45) is 11.8 Å². The fraction of sp³-hybridized carbons (Fsp3) is 0.520. The second-order valence-electron chi connectivity index (χ2n) is 8.22. The molecule has 3 rings (SSSR count). The highest BCUT2D eigenvalue weighted by Crippen LogP contribution is 2.39. The highest BCUT2D eigenvalue weighted by atomic mass is 19.2. The lowest BCUT2D eigenvalue weighted by atomic mass is 9.80. The quantitative estimate of drug-likeness (QED) is 0.417. The van der Waals surface area contributed by atoms with Crippen molar-refractivity contribution in [3.63, 3.8) is 0 Å². The average molecular weight is 389 g/mol. The number of hydrogen-bond donors (Lipinski definition) is 0. The predicted octanol–water partition coefficient (Wildman–Crippen LogP) is 8.54. The Morgan fingerprint density at radius 2 is 1.71 bits per heavy atom. The topological polar surface area (TPSA) is 0 Å². The van der Waals surface area contributed by atoms with Crippen molar-refractivity contribution in [1.82, 2.24) is 0 Å². The van der Waals surface area contributed by atoms with Crippen LogP contribution in [-0.2, 0) is 6.42 Å². The van der Waals surface area contributed by atoms with E-state index in [-0.39, 0.29) is 17.3 Å². The lowest BCUT2D eigenvalue weighted by molar-refractivity contribution is 0.268. The first kappa shape index (κ1) is 21.0. The van der Waals surface area contributed by atoms with E-state index in [0.29, 0.717) is 41.5 Å². The molecule has 1 saturated carbocycles. The average Bonchev–Trinajstić information content (AvgIpc) is 2.74. The number of halogens is 3. The highest BCUT2D eigenvalue weighted by molar-refractivity contribution is 5.87. The lowest BCUT2D eigenvalue weighted by Crippen LogP contribution is -2.14. The summed E-state index contributed by atoms with van der Waals surface area (Å²) in [6.07, 6.45) is 8.29. The van der Waals surface area contributed by atoms with Crippen LogP contribution in [0, 0.1) is 17.7 Å². The van der Waals surface area contributed by atoms with Gasteiger partial charge in [-0.1, -0.05) is 57.4 Å². The molecule has 0 saturated heterocycles. The molecule has 1 aliphatic rings. The normalized spacial score (nSPS) is 21.0. The van der Waals surface area contributed by atoms with Crippen LogP contribution in [0.2, 0.25) is 0 Å². The maximum Gasteiger partial charge on any atom is 0.162 e. The molecule has 1 aliphatic carbocycles. The summed E-state index contributed by atoms with van der Waals surface area (Å²) >= 11 is 0. The van der Waals surface area contributed by atoms with Crippen molar-refractivity contribution in [2.75, 3.05) is 0 Å². The van der Waals surface area contributed by atoms with Crippen molar-refractivity contribution >= 4 is 16.6 Å². The SMILES string of the molecule is CCCCCc1ccc2cc(C(F)=C(F)C3CCC(CC)CC3)ccc2c1F. The van der Waals surface area contributed by atoms with Gasteiger partial charge >= 0.3 is 0 Å². The van der Waals surface area contributed by atoms with E-state index in [1.165, 1.54) is 6.07 Å². The molecule has 0 nitrogen and oxygen atoms in total. The van der Waals surface area contributed by atoms with E-state index < -0.39 is 11.7 Å². The van der Waals surface area contributed by atoms with E-state index in [9.17, 15) is 13.2 Å². The van der Waals surface area contributed by atoms with Gasteiger partial charge in [0.2, 0.25) is 0 Å². The van der Waals surface area contributed by atoms with Gasteiger partial charge in [-0.05, 0) is 61.5 Å². The first-order chi connectivity index (χ1) is 13.5. The van der Waals surface area contributed by atoms with Gasteiger partial charge in [-0.15, -0.1) is 0 Å². The van der Waals surface area contributed by atoms with Gasteiger partial charge in [0.25, 0.3) is 0 Å². The molecule has 0 heterocycles. The Labute approximate surface area is 166 Å². The second-order valence-corrected chi connectivity index (χ2v) is 8.22. The van der Waals surface area contributed by atoms with Crippen LogP contribution in [0.3, 0.4) is 0 Å². The summed E-state index contributed by atoms with van der Waals surface area (Å²) in [5, 5.41) is 1.10. The molecule has 0 spiro atoms. The van der Waals surface area contributed by atoms with Crippen molar-refractivity contribution in [3.8, 4) is 0 Å². The third-order valence-corrected chi connectivity index (χ3v) is 6.33. The molecule has 1 fully saturated rings. The molecule has 152 valence electrons. The molecule has 0 N–H and O–H groups in total. The molecule has 28 heavy (non-hydrogen) atoms. The van der Waals surface area contributed by atoms with Crippen LogP contribution in [0.5, 0.6) is 0 Å². The zero-order chi connectivity index (χ0) is 20.1. The van der Waals surface area contributed by atoms with E-state index in [1.807, 2.05) is 6.07 Å². The highest BCUT2D eigenvalue weighted by Gasteiger charge is 2.26. The number of allylic oxidation sites excluding steroid dienone is 1. The summed E-state index contributed by atoms with van der Waals surface area (Å²) in [6.45, 7) is 4.27. The monoisotopic (exact) mass is 388 g/mol. The Bertz CT molecular complexity index is 829. The van der Waals surface area contributed by atoms with Crippen molar-refractivity contribution in [2.45, 2.75) is 71.6 Å². The van der Waals surface area contributed by atoms with E-state index in [0.717, 1.165) is 38.5 Å². The second kappa shape index (κ2) is 9.62. The Balaban J connectivity index is 1.82. The summed E-state index contributed by atoms with van der Waals surface area (Å²) < 4.78 is 44.3. The summed E-state index contributed by atoms with van der Waals surface area (Å²) in [5.41, 5.74) is 0.907. The minimum atomic E-state index is -0.783. The molecular formula is C25H31F3. The molecule has 2 aromatic carbocycles. The van der Waals surface area contributed by atoms with Gasteiger partial charge in [0, 0.05) is 16.9 Å². The minimum absolute atomic E-state index is 0.209. The van der Waals surface area contributed by atoms with Gasteiger partial charge in [-0.2, -0.15) is 0 Å². The van der Waals surface area contributed by atoms with E-state index in [2.05, 4.69) is 13.8 Å². The zero-order valence-electron chi connectivity index (χ0n) is 17.0. The molecule has 0 atom stereocenters. The molecule has 0 bridgehead atoms. The van der Waals surface area contributed by atoms with Crippen LogP contribution in [0.25, 0.3) is 16.6 Å². The van der Waals surface area contributed by atoms with Crippen LogP contribution in [0.15, 0.2) is 36.2 Å². The summed E-state index contributed by atoms with van der Waals surface area (Å²) in [4.78, 5) is 0. The van der Waals surface area contributed by atoms with Gasteiger partial charge in [0.1, 0.15) is 11.6 Å². The molecular weight excluding hydrogens is 357 g/mol. The summed E-state index contributed by atoms with van der Waals surface area (Å²) in [5.74, 6) is -1.33. The van der Waals surface area contributed by atoms with Gasteiger partial charge in [-0.3, -0.25) is 0 Å². The summed E-state index contributed by atoms with van der Waals surface area (Å²) in [7, 11) is 0. The fourth-order valence-electron chi connectivity index (χ4n) is 4.37. The van der Waals surface area contributed by atoms with Crippen molar-refractivity contribution in [1.29, 1.82) is 0 Å². The van der Waals surface area contributed by atoms with Crippen LogP contribution in [0.4, 0.5) is 13.2 Å². The maximum atomic E-state index is 14.8. The van der Waals surface area contributed by atoms with Gasteiger partial charge in [-0.25, -0.2) is 13.2 Å². The Hall–Kier alpha value is -1.77. The zero-order valence-corrected chi connectivity index (χ0v) is 17.0. The molecule has 3 heteroatoms. The Kier molecular flexibility index (Phi) is 7.20. The number of rotatable bonds is 7. The Morgan fingerprint density at radius 1 is 0.964 bits per heavy atom. The van der Waals surface area contributed by atoms with Crippen LogP contribution < -0.4 is 0 Å². The van der Waals surface area contributed by atoms with Gasteiger partial charge in [0.15, 0.2) is 5.83 Å². The predicted molar refractivity (Wildman–Crippen MR) is 112 cm³/mol. The smallest absolute Gasteiger partial charge is 0.162 e. The van der Waals surface area contributed by atoms with Gasteiger partial charge in [0.05, 0.1) is 0 Å². The van der Waals surface area contributed by atoms with Crippen LogP contribution in [0.1, 0.15) is 76.3 Å².